The first kappa shape index (κ1) is 15.9. The normalized spacial score (nSPS) is 21.9. The van der Waals surface area contributed by atoms with Crippen molar-refractivity contribution in [2.24, 2.45) is 0 Å². The van der Waals surface area contributed by atoms with Gasteiger partial charge in [0.25, 0.3) is 0 Å². The van der Waals surface area contributed by atoms with E-state index in [0.717, 1.165) is 35.9 Å². The van der Waals surface area contributed by atoms with Crippen LogP contribution < -0.4 is 5.32 Å². The maximum absolute atomic E-state index is 12.4. The summed E-state index contributed by atoms with van der Waals surface area (Å²) in [6, 6.07) is 0. The summed E-state index contributed by atoms with van der Waals surface area (Å²) in [4.78, 5) is 14.7. The summed E-state index contributed by atoms with van der Waals surface area (Å²) in [7, 11) is 0. The fourth-order valence-corrected chi connectivity index (χ4v) is 5.31. The minimum absolute atomic E-state index is 0.0745. The van der Waals surface area contributed by atoms with E-state index in [1.54, 1.807) is 0 Å². The Morgan fingerprint density at radius 2 is 2.14 bits per heavy atom. The molecule has 5 nitrogen and oxygen atoms in total. The number of aryl methyl sites for hydroxylation is 2. The van der Waals surface area contributed by atoms with E-state index in [9.17, 15) is 4.79 Å². The summed E-state index contributed by atoms with van der Waals surface area (Å²) < 4.78 is 0.415. The molecule has 2 aliphatic rings. The fraction of sp³-hybridized carbons (Fsp3) is 0.750. The molecule has 3 rings (SSSR count). The van der Waals surface area contributed by atoms with Crippen LogP contribution in [0.1, 0.15) is 43.5 Å². The number of anilines is 1. The third-order valence-corrected chi connectivity index (χ3v) is 6.39. The molecule has 2 N–H and O–H groups in total. The van der Waals surface area contributed by atoms with Gasteiger partial charge in [0.05, 0.1) is 23.6 Å². The molecule has 2 fully saturated rings. The van der Waals surface area contributed by atoms with Crippen LogP contribution in [0.25, 0.3) is 0 Å². The number of nitrogens with one attached hydrogen (secondary N) is 2. The van der Waals surface area contributed by atoms with Gasteiger partial charge in [-0.15, -0.1) is 0 Å². The van der Waals surface area contributed by atoms with Crippen molar-refractivity contribution in [3.05, 3.63) is 11.4 Å². The Balaban J connectivity index is 1.57. The molecule has 1 saturated heterocycles. The topological polar surface area (TPSA) is 61.0 Å². The highest BCUT2D eigenvalue weighted by Gasteiger charge is 2.37. The van der Waals surface area contributed by atoms with Gasteiger partial charge in [-0.1, -0.05) is 19.3 Å². The molecule has 0 bridgehead atoms. The lowest BCUT2D eigenvalue weighted by molar-refractivity contribution is -0.117. The number of hydrogen-bond acceptors (Lipinski definition) is 4. The zero-order chi connectivity index (χ0) is 15.6. The second-order valence-corrected chi connectivity index (χ2v) is 8.22. The van der Waals surface area contributed by atoms with E-state index in [0.29, 0.717) is 11.3 Å². The highest BCUT2D eigenvalue weighted by Crippen LogP contribution is 2.42. The van der Waals surface area contributed by atoms with Crippen molar-refractivity contribution in [2.75, 3.05) is 30.7 Å². The van der Waals surface area contributed by atoms with Crippen LogP contribution in [0, 0.1) is 13.8 Å². The largest absolute Gasteiger partial charge is 0.322 e. The number of carbonyl (C=O) groups is 1. The van der Waals surface area contributed by atoms with Gasteiger partial charge in [0.1, 0.15) is 0 Å². The van der Waals surface area contributed by atoms with Crippen molar-refractivity contribution < 1.29 is 4.79 Å². The van der Waals surface area contributed by atoms with E-state index in [1.807, 2.05) is 13.8 Å². The van der Waals surface area contributed by atoms with Crippen LogP contribution in [0.3, 0.4) is 0 Å². The zero-order valence-electron chi connectivity index (χ0n) is 13.6. The highest BCUT2D eigenvalue weighted by atomic mass is 32.2. The molecule has 0 aromatic carbocycles. The monoisotopic (exact) mass is 322 g/mol. The number of rotatable bonds is 3. The number of aromatic nitrogens is 2. The van der Waals surface area contributed by atoms with Crippen LogP contribution in [0.4, 0.5) is 5.69 Å². The first-order valence-electron chi connectivity index (χ1n) is 8.26. The van der Waals surface area contributed by atoms with Crippen LogP contribution in [-0.2, 0) is 4.79 Å². The molecule has 1 amide bonds. The van der Waals surface area contributed by atoms with Gasteiger partial charge < -0.3 is 5.32 Å². The lowest BCUT2D eigenvalue weighted by atomic mass is 9.87. The Labute approximate surface area is 136 Å². The van der Waals surface area contributed by atoms with Gasteiger partial charge in [0.2, 0.25) is 5.91 Å². The number of H-pyrrole nitrogens is 1. The van der Waals surface area contributed by atoms with Crippen molar-refractivity contribution >= 4 is 23.4 Å². The summed E-state index contributed by atoms with van der Waals surface area (Å²) in [5, 5.41) is 10.1. The number of hydrogen-bond donors (Lipinski definition) is 2. The van der Waals surface area contributed by atoms with Crippen LogP contribution in [0.15, 0.2) is 0 Å². The fourth-order valence-electron chi connectivity index (χ4n) is 3.67. The summed E-state index contributed by atoms with van der Waals surface area (Å²) in [6.45, 7) is 6.42. The number of carbonyl (C=O) groups excluding carboxylic acids is 1. The predicted molar refractivity (Wildman–Crippen MR) is 91.4 cm³/mol. The van der Waals surface area contributed by atoms with Gasteiger partial charge in [0, 0.05) is 23.6 Å². The second-order valence-electron chi connectivity index (χ2n) is 6.66. The van der Waals surface area contributed by atoms with Crippen LogP contribution in [0.5, 0.6) is 0 Å². The van der Waals surface area contributed by atoms with Crippen molar-refractivity contribution in [2.45, 2.75) is 50.7 Å². The first-order valence-corrected chi connectivity index (χ1v) is 9.24. The Hall–Kier alpha value is -1.01. The van der Waals surface area contributed by atoms with Crippen LogP contribution in [-0.4, -0.2) is 51.1 Å². The van der Waals surface area contributed by atoms with Crippen molar-refractivity contribution in [1.29, 1.82) is 0 Å². The molecular weight excluding hydrogens is 296 g/mol. The molecule has 0 radical (unpaired) electrons. The molecule has 6 heteroatoms. The zero-order valence-corrected chi connectivity index (χ0v) is 14.4. The van der Waals surface area contributed by atoms with Crippen molar-refractivity contribution in [3.8, 4) is 0 Å². The van der Waals surface area contributed by atoms with Gasteiger partial charge in [0.15, 0.2) is 0 Å². The molecule has 1 aliphatic carbocycles. The number of nitrogens with zero attached hydrogens (tertiary/aromatic N) is 2. The minimum atomic E-state index is 0.0745. The maximum Gasteiger partial charge on any atom is 0.238 e. The van der Waals surface area contributed by atoms with E-state index in [2.05, 4.69) is 32.2 Å². The van der Waals surface area contributed by atoms with Crippen LogP contribution in [0.2, 0.25) is 0 Å². The number of thioether (sulfide) groups is 1. The van der Waals surface area contributed by atoms with Gasteiger partial charge >= 0.3 is 0 Å². The molecule has 1 aromatic heterocycles. The lowest BCUT2D eigenvalue weighted by Crippen LogP contribution is -2.49. The summed E-state index contributed by atoms with van der Waals surface area (Å²) >= 11 is 2.14. The van der Waals surface area contributed by atoms with E-state index in [4.69, 9.17) is 0 Å². The molecule has 122 valence electrons. The van der Waals surface area contributed by atoms with Crippen LogP contribution >= 0.6 is 11.8 Å². The quantitative estimate of drug-likeness (QED) is 0.898. The third-order valence-electron chi connectivity index (χ3n) is 4.85. The molecule has 1 spiro atoms. The number of amides is 1. The maximum atomic E-state index is 12.4. The van der Waals surface area contributed by atoms with Gasteiger partial charge in [-0.2, -0.15) is 16.9 Å². The molecule has 22 heavy (non-hydrogen) atoms. The standard InChI is InChI=1S/C16H26N4OS/c1-12-15(13(2)19-18-12)17-14(21)10-20-8-9-22-16(11-20)6-4-3-5-7-16/h3-11H2,1-2H3,(H,17,21)(H,18,19). The molecule has 0 unspecified atom stereocenters. The Morgan fingerprint density at radius 1 is 1.36 bits per heavy atom. The smallest absolute Gasteiger partial charge is 0.238 e. The SMILES string of the molecule is Cc1n[nH]c(C)c1NC(=O)CN1CCSC2(CCCCC2)C1. The molecule has 2 heterocycles. The predicted octanol–water partition coefficient (Wildman–Crippen LogP) is 2.72. The van der Waals surface area contributed by atoms with E-state index < -0.39 is 0 Å². The van der Waals surface area contributed by atoms with Gasteiger partial charge in [-0.25, -0.2) is 0 Å². The highest BCUT2D eigenvalue weighted by molar-refractivity contribution is 8.00. The van der Waals surface area contributed by atoms with Gasteiger partial charge in [-0.3, -0.25) is 14.8 Å². The van der Waals surface area contributed by atoms with Crippen molar-refractivity contribution in [3.63, 3.8) is 0 Å². The summed E-state index contributed by atoms with van der Waals surface area (Å²) in [5.41, 5.74) is 2.61. The van der Waals surface area contributed by atoms with E-state index >= 15 is 0 Å². The molecule has 1 aliphatic heterocycles. The summed E-state index contributed by atoms with van der Waals surface area (Å²) in [6.07, 6.45) is 6.70. The minimum Gasteiger partial charge on any atom is -0.322 e. The van der Waals surface area contributed by atoms with E-state index in [1.165, 1.54) is 32.1 Å². The average Bonchev–Trinajstić information content (AvgIpc) is 2.80. The molecular formula is C16H26N4OS. The first-order chi connectivity index (χ1) is 10.6. The Kier molecular flexibility index (Phi) is 4.78. The molecule has 1 saturated carbocycles. The third kappa shape index (κ3) is 3.49. The average molecular weight is 322 g/mol. The Morgan fingerprint density at radius 3 is 2.82 bits per heavy atom. The number of aromatic amines is 1. The Bertz CT molecular complexity index is 511. The van der Waals surface area contributed by atoms with Gasteiger partial charge in [-0.05, 0) is 26.7 Å². The second kappa shape index (κ2) is 6.62. The molecule has 0 atom stereocenters. The lowest BCUT2D eigenvalue weighted by Gasteiger charge is -2.44. The molecule has 1 aromatic rings. The van der Waals surface area contributed by atoms with Crippen molar-refractivity contribution in [1.82, 2.24) is 15.1 Å². The summed E-state index contributed by atoms with van der Waals surface area (Å²) in [5.74, 6) is 1.22. The van der Waals surface area contributed by atoms with E-state index in [-0.39, 0.29) is 5.91 Å².